The summed E-state index contributed by atoms with van der Waals surface area (Å²) in [6.45, 7) is 14.9. The number of nitrogens with one attached hydrogen (secondary N) is 3. The first kappa shape index (κ1) is 59.3. The number of ketones is 1. The molecule has 0 fully saturated rings. The second-order valence-electron chi connectivity index (χ2n) is 19.6. The molecule has 0 saturated heterocycles. The van der Waals surface area contributed by atoms with Gasteiger partial charge in [0, 0.05) is 63.2 Å². The van der Waals surface area contributed by atoms with Gasteiger partial charge in [0.25, 0.3) is 11.8 Å². The number of rotatable bonds is 27. The van der Waals surface area contributed by atoms with Gasteiger partial charge in [0.2, 0.25) is 41.1 Å². The zero-order valence-corrected chi connectivity index (χ0v) is 46.0. The van der Waals surface area contributed by atoms with Gasteiger partial charge in [-0.3, -0.25) is 49.0 Å². The van der Waals surface area contributed by atoms with Crippen molar-refractivity contribution < 1.29 is 66.1 Å². The van der Waals surface area contributed by atoms with Gasteiger partial charge in [-0.25, -0.2) is 19.9 Å². The van der Waals surface area contributed by atoms with E-state index in [2.05, 4.69) is 30.9 Å². The first-order valence-electron chi connectivity index (χ1n) is 25.6. The number of aromatic nitrogens is 6. The van der Waals surface area contributed by atoms with Gasteiger partial charge in [0.15, 0.2) is 17.6 Å². The molecular weight excluding hydrogens is 1030 g/mol. The third kappa shape index (κ3) is 15.2. The van der Waals surface area contributed by atoms with E-state index in [0.717, 1.165) is 0 Å². The number of hydrogen-bond acceptors (Lipinski definition) is 18. The Morgan fingerprint density at radius 2 is 1.23 bits per heavy atom. The number of fused-ring (bicyclic) bond motifs is 2. The van der Waals surface area contributed by atoms with Crippen LogP contribution in [0, 0.1) is 25.7 Å². The first-order chi connectivity index (χ1) is 37.4. The molecule has 4 aromatic heterocycles. The molecule has 0 aliphatic heterocycles. The molecule has 0 aliphatic carbocycles. The molecule has 5 amide bonds. The molecule has 0 saturated carbocycles. The summed E-state index contributed by atoms with van der Waals surface area (Å²) in [7, 11) is 1.41. The number of aryl methyl sites for hydroxylation is 4. The fourth-order valence-corrected chi connectivity index (χ4v) is 8.28. The zero-order chi connectivity index (χ0) is 57.9. The number of primary amides is 2. The predicted octanol–water partition coefficient (Wildman–Crippen LogP) is 5.85. The molecule has 0 bridgehead atoms. The van der Waals surface area contributed by atoms with Crippen molar-refractivity contribution in [3.63, 3.8) is 0 Å². The van der Waals surface area contributed by atoms with Gasteiger partial charge in [-0.05, 0) is 64.3 Å². The maximum atomic E-state index is 13.9. The van der Waals surface area contributed by atoms with Gasteiger partial charge in [0.1, 0.15) is 28.1 Å². The Hall–Kier alpha value is -8.90. The smallest absolute Gasteiger partial charge is 0.309 e. The molecule has 6 rings (SSSR count). The molecule has 2 atom stereocenters. The van der Waals surface area contributed by atoms with Crippen LogP contribution in [-0.4, -0.2) is 109 Å². The highest BCUT2D eigenvalue weighted by atomic mass is 16.6. The van der Waals surface area contributed by atoms with Crippen LogP contribution >= 0.6 is 0 Å². The number of benzene rings is 2. The molecule has 0 unspecified atom stereocenters. The number of anilines is 2. The normalized spacial score (nSPS) is 12.3. The van der Waals surface area contributed by atoms with E-state index in [9.17, 15) is 38.4 Å². The average Bonchev–Trinajstić information content (AvgIpc) is 4.29. The van der Waals surface area contributed by atoms with Crippen molar-refractivity contribution in [2.45, 2.75) is 120 Å². The monoisotopic (exact) mass is 1090 g/mol. The Bertz CT molecular complexity index is 3320. The number of amides is 5. The van der Waals surface area contributed by atoms with E-state index in [4.69, 9.17) is 44.2 Å². The van der Waals surface area contributed by atoms with Crippen molar-refractivity contribution in [2.24, 2.45) is 23.3 Å². The lowest BCUT2D eigenvalue weighted by molar-refractivity contribution is -0.155. The number of hydrogen-bond donors (Lipinski definition) is 5. The summed E-state index contributed by atoms with van der Waals surface area (Å²) in [4.78, 5) is 121. The molecule has 0 aliphatic rings. The number of Topliss-reactive ketones (excluding diaryl/α,β-unsaturated/α-hetero) is 1. The van der Waals surface area contributed by atoms with Crippen LogP contribution in [0.25, 0.3) is 22.1 Å². The highest BCUT2D eigenvalue weighted by Gasteiger charge is 2.27. The van der Waals surface area contributed by atoms with Crippen molar-refractivity contribution in [3.8, 4) is 11.5 Å². The third-order valence-corrected chi connectivity index (χ3v) is 12.1. The molecular formula is C54H67N11O14. The van der Waals surface area contributed by atoms with Gasteiger partial charge in [0.05, 0.1) is 55.2 Å². The molecule has 0 spiro atoms. The largest absolute Gasteiger partial charge is 0.494 e. The lowest BCUT2D eigenvalue weighted by Crippen LogP contribution is -2.35. The van der Waals surface area contributed by atoms with E-state index in [1.54, 1.807) is 62.8 Å². The molecule has 4 heterocycles. The zero-order valence-electron chi connectivity index (χ0n) is 46.0. The van der Waals surface area contributed by atoms with E-state index in [0.29, 0.717) is 41.2 Å². The Balaban J connectivity index is 1.20. The Morgan fingerprint density at radius 1 is 0.722 bits per heavy atom. The maximum absolute atomic E-state index is 13.9. The van der Waals surface area contributed by atoms with Crippen molar-refractivity contribution in [2.75, 3.05) is 37.5 Å². The molecule has 0 radical (unpaired) electrons. The van der Waals surface area contributed by atoms with Gasteiger partial charge in [-0.2, -0.15) is 0 Å². The number of nitrogens with two attached hydrogens (primary N) is 2. The standard InChI is InChI=1S/C54H67N11O14/c1-11-35-44(77-30(5)58-35)49(71)62-52-60-37-23-32(46(55)68)25-39(74-10)42(37)64(52)18-13-14-19-65-43-38(61-53(65)63-50(72)45-36(12-2)59-31(6)78-45)24-33(47(56)69)26-40(43)75-20-15-21-76-51(73)29(4)22-34(66)27-57-48(70)28(3)16-17-41(67)79-54(7,8)9/h13-14,23-26,28-29H,11-12,15-22,27H2,1-10H3,(H2,55,68)(H2,56,69)(H,57,70)(H,60,62,71)(H,61,63,72)/b14-13+/t28-,29+/m1/s1. The maximum Gasteiger partial charge on any atom is 0.309 e. The molecule has 7 N–H and O–H groups in total. The molecule has 79 heavy (non-hydrogen) atoms. The molecule has 25 nitrogen and oxygen atoms in total. The number of allylic oxidation sites excluding steroid dienone is 2. The first-order valence-corrected chi connectivity index (χ1v) is 25.6. The second kappa shape index (κ2) is 26.0. The molecule has 6 aromatic rings. The van der Waals surface area contributed by atoms with Crippen LogP contribution in [0.1, 0.15) is 139 Å². The number of esters is 2. The molecule has 25 heteroatoms. The summed E-state index contributed by atoms with van der Waals surface area (Å²) in [6.07, 6.45) is 4.53. The second-order valence-corrected chi connectivity index (χ2v) is 19.6. The van der Waals surface area contributed by atoms with E-state index >= 15 is 0 Å². The highest BCUT2D eigenvalue weighted by molar-refractivity contribution is 6.05. The lowest BCUT2D eigenvalue weighted by atomic mass is 10.0. The molecule has 2 aromatic carbocycles. The quantitative estimate of drug-likeness (QED) is 0.0229. The summed E-state index contributed by atoms with van der Waals surface area (Å²) in [5.41, 5.74) is 13.0. The van der Waals surface area contributed by atoms with Crippen LogP contribution in [0.4, 0.5) is 11.9 Å². The number of imidazole rings is 2. The summed E-state index contributed by atoms with van der Waals surface area (Å²) < 4.78 is 37.3. The van der Waals surface area contributed by atoms with E-state index in [-0.39, 0.29) is 121 Å². The Morgan fingerprint density at radius 3 is 1.71 bits per heavy atom. The fourth-order valence-electron chi connectivity index (χ4n) is 8.28. The van der Waals surface area contributed by atoms with Gasteiger partial charge >= 0.3 is 11.9 Å². The average molecular weight is 1090 g/mol. The lowest BCUT2D eigenvalue weighted by Gasteiger charge is -2.20. The van der Waals surface area contributed by atoms with Crippen molar-refractivity contribution in [1.29, 1.82) is 0 Å². The summed E-state index contributed by atoms with van der Waals surface area (Å²) in [5, 5.41) is 8.19. The van der Waals surface area contributed by atoms with Crippen molar-refractivity contribution in [3.05, 3.63) is 82.2 Å². The van der Waals surface area contributed by atoms with Crippen LogP contribution in [0.3, 0.4) is 0 Å². The van der Waals surface area contributed by atoms with Crippen LogP contribution < -0.4 is 36.9 Å². The topological polar surface area (TPSA) is 349 Å². The fraction of sp³-hybridized carbons (Fsp3) is 0.444. The minimum Gasteiger partial charge on any atom is -0.494 e. The number of ether oxygens (including phenoxy) is 4. The van der Waals surface area contributed by atoms with E-state index in [1.807, 2.05) is 13.8 Å². The van der Waals surface area contributed by atoms with Gasteiger partial charge < -0.3 is 53.7 Å². The number of methoxy groups -OCH3 is 1. The summed E-state index contributed by atoms with van der Waals surface area (Å²) in [6, 6.07) is 5.80. The Kier molecular flexibility index (Phi) is 19.5. The number of carbonyl (C=O) groups is 8. The number of nitrogens with zero attached hydrogens (tertiary/aromatic N) is 6. The van der Waals surface area contributed by atoms with Crippen LogP contribution in [-0.2, 0) is 54.6 Å². The van der Waals surface area contributed by atoms with Crippen LogP contribution in [0.2, 0.25) is 0 Å². The third-order valence-electron chi connectivity index (χ3n) is 12.1. The van der Waals surface area contributed by atoms with E-state index in [1.165, 1.54) is 38.3 Å². The van der Waals surface area contributed by atoms with Crippen LogP contribution in [0.15, 0.2) is 45.3 Å². The minimum absolute atomic E-state index is 0.00534. The van der Waals surface area contributed by atoms with E-state index < -0.39 is 64.7 Å². The van der Waals surface area contributed by atoms with Gasteiger partial charge in [-0.15, -0.1) is 0 Å². The van der Waals surface area contributed by atoms with Crippen molar-refractivity contribution in [1.82, 2.24) is 34.4 Å². The molecule has 422 valence electrons. The van der Waals surface area contributed by atoms with Crippen LogP contribution in [0.5, 0.6) is 11.5 Å². The predicted molar refractivity (Wildman–Crippen MR) is 286 cm³/mol. The number of oxazole rings is 2. The SMILES string of the molecule is CCc1nc(C)oc1C(=O)Nc1nc2cc(C(N)=O)cc(OC)c2n1C/C=C/Cn1c(NC(=O)c2oc(C)nc2CC)nc2cc(C(N)=O)cc(OCCCOC(=O)[C@@H](C)CC(=O)CNC(=O)[C@H](C)CCC(=O)OC(C)(C)C)c21. The Labute approximate surface area is 454 Å². The summed E-state index contributed by atoms with van der Waals surface area (Å²) in [5.74, 6) is -5.03. The van der Waals surface area contributed by atoms with Crippen molar-refractivity contribution >= 4 is 81.2 Å². The number of carbonyl (C=O) groups excluding carboxylic acids is 8. The highest BCUT2D eigenvalue weighted by Crippen LogP contribution is 2.33. The van der Waals surface area contributed by atoms with Gasteiger partial charge in [-0.1, -0.05) is 39.8 Å². The summed E-state index contributed by atoms with van der Waals surface area (Å²) >= 11 is 0. The minimum atomic E-state index is -0.834.